The van der Waals surface area contributed by atoms with Crippen molar-refractivity contribution in [3.8, 4) is 12.3 Å². The first kappa shape index (κ1) is 34.7. The van der Waals surface area contributed by atoms with E-state index in [-0.39, 0.29) is 18.5 Å². The zero-order valence-electron chi connectivity index (χ0n) is 25.9. The van der Waals surface area contributed by atoms with Crippen molar-refractivity contribution < 1.29 is 23.9 Å². The Labute approximate surface area is 251 Å². The molecule has 1 fully saturated rings. The molecular weight excluding hydrogens is 532 g/mol. The number of carbonyl (C=O) groups is 4. The van der Waals surface area contributed by atoms with E-state index in [2.05, 4.69) is 23.5 Å². The summed E-state index contributed by atoms with van der Waals surface area (Å²) < 4.78 is 5.36. The summed E-state index contributed by atoms with van der Waals surface area (Å²) in [5, 5.41) is 5.71. The number of primary amides is 1. The zero-order chi connectivity index (χ0) is 31.1. The first-order chi connectivity index (χ1) is 19.9. The number of nitrogens with zero attached hydrogens (tertiary/aromatic N) is 1. The van der Waals surface area contributed by atoms with Crippen molar-refractivity contribution in [3.05, 3.63) is 35.4 Å². The minimum absolute atomic E-state index is 0.0195. The molecule has 9 heteroatoms. The van der Waals surface area contributed by atoms with E-state index in [0.29, 0.717) is 17.5 Å². The van der Waals surface area contributed by atoms with Crippen LogP contribution in [0.25, 0.3) is 0 Å². The zero-order valence-corrected chi connectivity index (χ0v) is 25.9. The summed E-state index contributed by atoms with van der Waals surface area (Å²) in [6, 6.07) is 4.72. The third-order valence-corrected chi connectivity index (χ3v) is 7.33. The molecule has 1 aliphatic rings. The summed E-state index contributed by atoms with van der Waals surface area (Å²) in [6.07, 6.45) is 15.1. The minimum atomic E-state index is -1.30. The van der Waals surface area contributed by atoms with Crippen LogP contribution in [0.2, 0.25) is 0 Å². The number of unbranched alkanes of at least 4 members (excludes halogenated alkanes) is 5. The van der Waals surface area contributed by atoms with Gasteiger partial charge >= 0.3 is 6.09 Å². The fraction of sp³-hybridized carbons (Fsp3) is 0.636. The lowest BCUT2D eigenvalue weighted by molar-refractivity contribution is -0.143. The highest BCUT2D eigenvalue weighted by Gasteiger charge is 2.37. The maximum absolute atomic E-state index is 14.2. The maximum Gasteiger partial charge on any atom is 0.408 e. The van der Waals surface area contributed by atoms with Gasteiger partial charge in [-0.25, -0.2) is 4.79 Å². The first-order valence-electron chi connectivity index (χ1n) is 15.4. The van der Waals surface area contributed by atoms with Crippen LogP contribution in [0.1, 0.15) is 122 Å². The smallest absolute Gasteiger partial charge is 0.408 e. The number of rotatable bonds is 15. The molecule has 0 saturated heterocycles. The molecule has 4 amide bonds. The van der Waals surface area contributed by atoms with Crippen LogP contribution in [0, 0.1) is 12.3 Å². The molecule has 2 unspecified atom stereocenters. The van der Waals surface area contributed by atoms with Gasteiger partial charge in [-0.3, -0.25) is 14.4 Å². The third kappa shape index (κ3) is 12.1. The molecular formula is C33H50N4O5. The number of nitrogens with two attached hydrogens (primary N) is 1. The Morgan fingerprint density at radius 1 is 1.02 bits per heavy atom. The van der Waals surface area contributed by atoms with Crippen molar-refractivity contribution in [2.75, 3.05) is 6.54 Å². The van der Waals surface area contributed by atoms with Crippen molar-refractivity contribution in [3.63, 3.8) is 0 Å². The fourth-order valence-electron chi connectivity index (χ4n) is 5.24. The quantitative estimate of drug-likeness (QED) is 0.195. The maximum atomic E-state index is 14.2. The number of alkyl carbamates (subject to hydrolysis) is 1. The van der Waals surface area contributed by atoms with Crippen LogP contribution in [0.15, 0.2) is 24.3 Å². The first-order valence-corrected chi connectivity index (χ1v) is 15.4. The average molecular weight is 583 g/mol. The molecule has 0 aromatic heterocycles. The molecule has 0 aliphatic heterocycles. The van der Waals surface area contributed by atoms with E-state index in [1.807, 2.05) is 0 Å². The van der Waals surface area contributed by atoms with Gasteiger partial charge in [0.2, 0.25) is 17.7 Å². The van der Waals surface area contributed by atoms with E-state index in [9.17, 15) is 19.2 Å². The molecule has 0 spiro atoms. The van der Waals surface area contributed by atoms with Crippen molar-refractivity contribution >= 4 is 23.8 Å². The lowest BCUT2D eigenvalue weighted by atomic mass is 9.94. The topological polar surface area (TPSA) is 131 Å². The molecule has 2 rings (SSSR count). The lowest BCUT2D eigenvalue weighted by Crippen LogP contribution is -2.55. The second-order valence-electron chi connectivity index (χ2n) is 12.2. The van der Waals surface area contributed by atoms with Crippen LogP contribution in [0.5, 0.6) is 0 Å². The van der Waals surface area contributed by atoms with Gasteiger partial charge in [-0.05, 0) is 57.7 Å². The Kier molecular flexibility index (Phi) is 14.4. The van der Waals surface area contributed by atoms with E-state index in [1.165, 1.54) is 4.90 Å². The van der Waals surface area contributed by atoms with E-state index in [4.69, 9.17) is 16.9 Å². The Morgan fingerprint density at radius 3 is 2.21 bits per heavy atom. The predicted molar refractivity (Wildman–Crippen MR) is 164 cm³/mol. The van der Waals surface area contributed by atoms with Gasteiger partial charge in [0.25, 0.3) is 0 Å². The second-order valence-corrected chi connectivity index (χ2v) is 12.2. The summed E-state index contributed by atoms with van der Waals surface area (Å²) in [7, 11) is 0. The molecule has 1 aromatic carbocycles. The Hall–Kier alpha value is -3.54. The predicted octanol–water partition coefficient (Wildman–Crippen LogP) is 5.12. The van der Waals surface area contributed by atoms with E-state index >= 15 is 0 Å². The van der Waals surface area contributed by atoms with Gasteiger partial charge in [0, 0.05) is 18.2 Å². The van der Waals surface area contributed by atoms with Crippen molar-refractivity contribution in [2.24, 2.45) is 5.73 Å². The number of ether oxygens (including phenoxy) is 1. The molecule has 1 aromatic rings. The SMILES string of the molecule is C#Cc1ccc(C(C(=O)NC2CCCCC2)N(CCCCCCCC)C(=O)C(CC(N)=O)NC(=O)OC(C)(C)C)cc1. The van der Waals surface area contributed by atoms with Crippen molar-refractivity contribution in [2.45, 2.75) is 128 Å². The summed E-state index contributed by atoms with van der Waals surface area (Å²) in [4.78, 5) is 54.4. The highest BCUT2D eigenvalue weighted by atomic mass is 16.6. The number of benzene rings is 1. The van der Waals surface area contributed by atoms with Crippen LogP contribution >= 0.6 is 0 Å². The van der Waals surface area contributed by atoms with E-state index in [0.717, 1.165) is 64.2 Å². The number of nitrogens with one attached hydrogen (secondary N) is 2. The molecule has 1 saturated carbocycles. The van der Waals surface area contributed by atoms with Crippen LogP contribution < -0.4 is 16.4 Å². The summed E-state index contributed by atoms with van der Waals surface area (Å²) >= 11 is 0. The van der Waals surface area contributed by atoms with Gasteiger partial charge in [0.15, 0.2) is 0 Å². The Balaban J connectivity index is 2.46. The normalized spacial score (nSPS) is 15.1. The number of carbonyl (C=O) groups excluding carboxylic acids is 4. The second kappa shape index (κ2) is 17.4. The fourth-order valence-corrected chi connectivity index (χ4v) is 5.24. The van der Waals surface area contributed by atoms with Crippen LogP contribution in [-0.2, 0) is 19.1 Å². The average Bonchev–Trinajstić information content (AvgIpc) is 2.93. The molecule has 0 radical (unpaired) electrons. The van der Waals surface area contributed by atoms with Crippen LogP contribution in [0.4, 0.5) is 4.79 Å². The Bertz CT molecular complexity index is 1070. The van der Waals surface area contributed by atoms with Gasteiger partial charge in [0.1, 0.15) is 17.7 Å². The molecule has 9 nitrogen and oxygen atoms in total. The van der Waals surface area contributed by atoms with Gasteiger partial charge in [0.05, 0.1) is 6.42 Å². The minimum Gasteiger partial charge on any atom is -0.444 e. The standard InChI is InChI=1S/C33H50N4O5/c1-6-8-9-10-11-15-22-37(31(40)27(23-28(34)38)36-32(41)42-33(3,4)5)29(25-20-18-24(7-2)19-21-25)30(39)35-26-16-13-12-14-17-26/h2,18-21,26-27,29H,6,8-17,22-23H2,1,3-5H3,(H2,34,38)(H,35,39)(H,36,41). The van der Waals surface area contributed by atoms with Crippen LogP contribution in [-0.4, -0.2) is 52.9 Å². The summed E-state index contributed by atoms with van der Waals surface area (Å²) in [5.41, 5.74) is 5.93. The van der Waals surface area contributed by atoms with E-state index in [1.54, 1.807) is 45.0 Å². The third-order valence-electron chi connectivity index (χ3n) is 7.33. The van der Waals surface area contributed by atoms with Gasteiger partial charge in [-0.2, -0.15) is 0 Å². The van der Waals surface area contributed by atoms with Gasteiger partial charge in [-0.15, -0.1) is 6.42 Å². The monoisotopic (exact) mass is 582 g/mol. The lowest BCUT2D eigenvalue weighted by Gasteiger charge is -2.35. The highest BCUT2D eigenvalue weighted by Crippen LogP contribution is 2.26. The molecule has 42 heavy (non-hydrogen) atoms. The number of hydrogen-bond acceptors (Lipinski definition) is 5. The summed E-state index contributed by atoms with van der Waals surface area (Å²) in [6.45, 7) is 7.52. The molecule has 1 aliphatic carbocycles. The number of hydrogen-bond donors (Lipinski definition) is 3. The van der Waals surface area contributed by atoms with Gasteiger partial charge < -0.3 is 26.0 Å². The highest BCUT2D eigenvalue weighted by molar-refractivity contribution is 5.94. The molecule has 0 heterocycles. The number of amides is 4. The summed E-state index contributed by atoms with van der Waals surface area (Å²) in [5.74, 6) is 0.954. The largest absolute Gasteiger partial charge is 0.444 e. The van der Waals surface area contributed by atoms with Crippen molar-refractivity contribution in [1.82, 2.24) is 15.5 Å². The molecule has 232 valence electrons. The number of terminal acetylenes is 1. The van der Waals surface area contributed by atoms with Crippen LogP contribution in [0.3, 0.4) is 0 Å². The van der Waals surface area contributed by atoms with E-state index < -0.39 is 42.0 Å². The molecule has 0 bridgehead atoms. The molecule has 2 atom stereocenters. The van der Waals surface area contributed by atoms with Crippen molar-refractivity contribution in [1.29, 1.82) is 0 Å². The van der Waals surface area contributed by atoms with Gasteiger partial charge in [-0.1, -0.05) is 76.3 Å². The molecule has 4 N–H and O–H groups in total. The Morgan fingerprint density at radius 2 is 1.64 bits per heavy atom.